The lowest BCUT2D eigenvalue weighted by Crippen LogP contribution is -2.29. The lowest BCUT2D eigenvalue weighted by Gasteiger charge is -2.27. The van der Waals surface area contributed by atoms with Crippen LogP contribution in [0.25, 0.3) is 11.3 Å². The van der Waals surface area contributed by atoms with Gasteiger partial charge in [-0.1, -0.05) is 49.6 Å². The SMILES string of the molecule is CCCCCOc1ccc(C2c3c(-c4cc(Cl)ccc4O)n[nH]c3C(=O)N2Cc2ccc(OC)cc2)cc1OCC. The van der Waals surface area contributed by atoms with Crippen LogP contribution in [0.4, 0.5) is 0 Å². The molecule has 9 heteroatoms. The van der Waals surface area contributed by atoms with Gasteiger partial charge in [0.2, 0.25) is 0 Å². The number of hydrogen-bond acceptors (Lipinski definition) is 6. The Morgan fingerprint density at radius 3 is 2.54 bits per heavy atom. The lowest BCUT2D eigenvalue weighted by atomic mass is 9.95. The van der Waals surface area contributed by atoms with Gasteiger partial charge in [0, 0.05) is 22.7 Å². The zero-order valence-corrected chi connectivity index (χ0v) is 24.2. The minimum absolute atomic E-state index is 0.0225. The number of methoxy groups -OCH3 is 1. The van der Waals surface area contributed by atoms with E-state index in [-0.39, 0.29) is 11.7 Å². The number of halogens is 1. The van der Waals surface area contributed by atoms with Crippen LogP contribution in [0, 0.1) is 0 Å². The van der Waals surface area contributed by atoms with E-state index in [0.29, 0.717) is 58.8 Å². The van der Waals surface area contributed by atoms with Gasteiger partial charge >= 0.3 is 0 Å². The number of benzene rings is 3. The summed E-state index contributed by atoms with van der Waals surface area (Å²) in [5.41, 5.74) is 3.72. The molecule has 41 heavy (non-hydrogen) atoms. The molecule has 1 aliphatic rings. The van der Waals surface area contributed by atoms with E-state index in [1.165, 1.54) is 6.07 Å². The summed E-state index contributed by atoms with van der Waals surface area (Å²) < 4.78 is 17.4. The Labute approximate surface area is 244 Å². The molecule has 1 atom stereocenters. The standard InChI is InChI=1S/C32H34ClN3O5/c1-4-6-7-16-41-26-15-10-21(17-27(26)40-5-2)31-28-29(24-18-22(33)11-14-25(24)37)34-35-30(28)32(38)36(31)19-20-8-12-23(39-3)13-9-20/h8-15,17-18,31,37H,4-7,16,19H2,1-3H3,(H,34,35). The van der Waals surface area contributed by atoms with Crippen LogP contribution in [0.1, 0.15) is 66.3 Å². The molecule has 0 saturated carbocycles. The summed E-state index contributed by atoms with van der Waals surface area (Å²) in [6.45, 7) is 5.49. The molecule has 1 aliphatic heterocycles. The molecule has 214 valence electrons. The molecule has 2 heterocycles. The number of amides is 1. The van der Waals surface area contributed by atoms with Crippen molar-refractivity contribution in [1.29, 1.82) is 0 Å². The molecule has 1 aromatic heterocycles. The highest BCUT2D eigenvalue weighted by atomic mass is 35.5. The molecule has 0 radical (unpaired) electrons. The van der Waals surface area contributed by atoms with Crippen molar-refractivity contribution in [3.8, 4) is 34.3 Å². The Bertz CT molecular complexity index is 1520. The molecule has 8 nitrogen and oxygen atoms in total. The summed E-state index contributed by atoms with van der Waals surface area (Å²) in [5.74, 6) is 1.84. The average molecular weight is 576 g/mol. The molecular formula is C32H34ClN3O5. The molecule has 0 aliphatic carbocycles. The van der Waals surface area contributed by atoms with Crippen LogP contribution in [0.15, 0.2) is 60.7 Å². The van der Waals surface area contributed by atoms with E-state index < -0.39 is 6.04 Å². The number of phenolic OH excluding ortho intramolecular Hbond substituents is 1. The highest BCUT2D eigenvalue weighted by Gasteiger charge is 2.43. The molecule has 0 spiro atoms. The van der Waals surface area contributed by atoms with E-state index in [2.05, 4.69) is 17.1 Å². The minimum atomic E-state index is -0.514. The van der Waals surface area contributed by atoms with Crippen LogP contribution in [0.5, 0.6) is 23.0 Å². The molecule has 1 unspecified atom stereocenters. The highest BCUT2D eigenvalue weighted by Crippen LogP contribution is 2.47. The number of phenols is 1. The number of H-pyrrole nitrogens is 1. The Morgan fingerprint density at radius 2 is 1.80 bits per heavy atom. The van der Waals surface area contributed by atoms with Crippen molar-refractivity contribution in [3.63, 3.8) is 0 Å². The largest absolute Gasteiger partial charge is 0.507 e. The number of ether oxygens (including phenoxy) is 3. The van der Waals surface area contributed by atoms with E-state index >= 15 is 0 Å². The first-order valence-corrected chi connectivity index (χ1v) is 14.2. The summed E-state index contributed by atoms with van der Waals surface area (Å²) in [6, 6.07) is 17.7. The smallest absolute Gasteiger partial charge is 0.273 e. The molecule has 0 fully saturated rings. The van der Waals surface area contributed by atoms with Crippen LogP contribution in [0.2, 0.25) is 5.02 Å². The van der Waals surface area contributed by atoms with Gasteiger partial charge in [0.05, 0.1) is 26.4 Å². The third-order valence-corrected chi connectivity index (χ3v) is 7.41. The first-order chi connectivity index (χ1) is 19.9. The molecule has 4 aromatic rings. The minimum Gasteiger partial charge on any atom is -0.507 e. The maximum Gasteiger partial charge on any atom is 0.273 e. The van der Waals surface area contributed by atoms with E-state index in [0.717, 1.165) is 36.1 Å². The zero-order valence-electron chi connectivity index (χ0n) is 23.4. The molecule has 2 N–H and O–H groups in total. The van der Waals surface area contributed by atoms with Gasteiger partial charge in [-0.25, -0.2) is 0 Å². The maximum absolute atomic E-state index is 13.9. The fourth-order valence-electron chi connectivity index (χ4n) is 5.15. The number of rotatable bonds is 12. The Balaban J connectivity index is 1.60. The summed E-state index contributed by atoms with van der Waals surface area (Å²) in [5, 5.41) is 18.6. The number of unbranched alkanes of at least 4 members (excludes halogenated alkanes) is 2. The van der Waals surface area contributed by atoms with E-state index in [1.807, 2.05) is 49.4 Å². The van der Waals surface area contributed by atoms with Crippen LogP contribution in [-0.2, 0) is 6.54 Å². The monoisotopic (exact) mass is 575 g/mol. The second-order valence-corrected chi connectivity index (χ2v) is 10.3. The fourth-order valence-corrected chi connectivity index (χ4v) is 5.33. The van der Waals surface area contributed by atoms with Crippen molar-refractivity contribution >= 4 is 17.5 Å². The van der Waals surface area contributed by atoms with Gasteiger partial charge in [-0.15, -0.1) is 0 Å². The lowest BCUT2D eigenvalue weighted by molar-refractivity contribution is 0.0729. The number of hydrogen-bond donors (Lipinski definition) is 2. The van der Waals surface area contributed by atoms with Gasteiger partial charge in [-0.2, -0.15) is 5.10 Å². The Hall–Kier alpha value is -4.17. The Kier molecular flexibility index (Phi) is 8.69. The van der Waals surface area contributed by atoms with Gasteiger partial charge in [0.15, 0.2) is 11.5 Å². The van der Waals surface area contributed by atoms with E-state index in [9.17, 15) is 9.90 Å². The Morgan fingerprint density at radius 1 is 1.00 bits per heavy atom. The number of nitrogens with zero attached hydrogens (tertiary/aromatic N) is 2. The number of fused-ring (bicyclic) bond motifs is 1. The van der Waals surface area contributed by atoms with Crippen LogP contribution < -0.4 is 14.2 Å². The highest BCUT2D eigenvalue weighted by molar-refractivity contribution is 6.31. The average Bonchev–Trinajstić information content (AvgIpc) is 3.52. The number of aromatic nitrogens is 2. The van der Waals surface area contributed by atoms with Crippen LogP contribution in [0.3, 0.4) is 0 Å². The molecule has 3 aromatic carbocycles. The van der Waals surface area contributed by atoms with Gasteiger partial charge in [0.25, 0.3) is 5.91 Å². The second-order valence-electron chi connectivity index (χ2n) is 9.90. The number of carbonyl (C=O) groups is 1. The quantitative estimate of drug-likeness (QED) is 0.174. The number of nitrogens with one attached hydrogen (secondary N) is 1. The molecule has 0 saturated heterocycles. The molecule has 5 rings (SSSR count). The number of aromatic amines is 1. The van der Waals surface area contributed by atoms with Crippen LogP contribution >= 0.6 is 11.6 Å². The van der Waals surface area contributed by atoms with Crippen molar-refractivity contribution in [3.05, 3.63) is 88.1 Å². The van der Waals surface area contributed by atoms with Crippen LogP contribution in [-0.4, -0.2) is 46.4 Å². The summed E-state index contributed by atoms with van der Waals surface area (Å²) >= 11 is 6.29. The van der Waals surface area contributed by atoms with Crippen molar-refractivity contribution in [2.75, 3.05) is 20.3 Å². The third-order valence-electron chi connectivity index (χ3n) is 7.18. The van der Waals surface area contributed by atoms with Gasteiger partial charge < -0.3 is 24.2 Å². The number of aromatic hydroxyl groups is 1. The van der Waals surface area contributed by atoms with E-state index in [1.54, 1.807) is 24.1 Å². The fraction of sp³-hybridized carbons (Fsp3) is 0.312. The second kappa shape index (κ2) is 12.6. The summed E-state index contributed by atoms with van der Waals surface area (Å²) in [4.78, 5) is 15.7. The van der Waals surface area contributed by atoms with Crippen molar-refractivity contribution in [2.24, 2.45) is 0 Å². The molecule has 0 bridgehead atoms. The molecule has 1 amide bonds. The van der Waals surface area contributed by atoms with E-state index in [4.69, 9.17) is 25.8 Å². The third kappa shape index (κ3) is 5.84. The van der Waals surface area contributed by atoms with Gasteiger partial charge in [0.1, 0.15) is 22.9 Å². The summed E-state index contributed by atoms with van der Waals surface area (Å²) in [7, 11) is 1.62. The predicted octanol–water partition coefficient (Wildman–Crippen LogP) is 7.16. The zero-order chi connectivity index (χ0) is 28.9. The van der Waals surface area contributed by atoms with Gasteiger partial charge in [-0.3, -0.25) is 9.89 Å². The summed E-state index contributed by atoms with van der Waals surface area (Å²) in [6.07, 6.45) is 3.16. The van der Waals surface area contributed by atoms with Crippen molar-refractivity contribution in [2.45, 2.75) is 45.7 Å². The van der Waals surface area contributed by atoms with Gasteiger partial charge in [-0.05, 0) is 66.9 Å². The van der Waals surface area contributed by atoms with Crippen molar-refractivity contribution < 1.29 is 24.1 Å². The first-order valence-electron chi connectivity index (χ1n) is 13.9. The normalized spacial score (nSPS) is 14.3. The number of carbonyl (C=O) groups excluding carboxylic acids is 1. The topological polar surface area (TPSA) is 96.9 Å². The predicted molar refractivity (Wildman–Crippen MR) is 158 cm³/mol. The first kappa shape index (κ1) is 28.4. The molecular weight excluding hydrogens is 542 g/mol. The maximum atomic E-state index is 13.9. The van der Waals surface area contributed by atoms with Crippen molar-refractivity contribution in [1.82, 2.24) is 15.1 Å².